The smallest absolute Gasteiger partial charge is 0.321 e. The molecule has 4 heteroatoms. The number of carbonyl (C=O) groups excluding carboxylic acids is 2. The molecule has 0 aromatic carbocycles. The number of allylic oxidation sites excluding steroid dienone is 1. The van der Waals surface area contributed by atoms with Crippen molar-refractivity contribution in [3.63, 3.8) is 0 Å². The lowest BCUT2D eigenvalue weighted by Gasteiger charge is -2.31. The van der Waals surface area contributed by atoms with Crippen molar-refractivity contribution in [3.05, 3.63) is 11.6 Å². The molecule has 84 valence electrons. The summed E-state index contributed by atoms with van der Waals surface area (Å²) in [7, 11) is 0. The summed E-state index contributed by atoms with van der Waals surface area (Å²) in [4.78, 5) is 22.7. The Balaban J connectivity index is 2.79. The summed E-state index contributed by atoms with van der Waals surface area (Å²) in [5, 5.41) is 0. The van der Waals surface area contributed by atoms with E-state index in [-0.39, 0.29) is 17.8 Å². The fourth-order valence-electron chi connectivity index (χ4n) is 1.82. The van der Waals surface area contributed by atoms with E-state index in [0.717, 1.165) is 0 Å². The highest BCUT2D eigenvalue weighted by molar-refractivity contribution is 6.26. The Hall–Kier alpha value is -0.830. The molecule has 0 saturated heterocycles. The third-order valence-electron chi connectivity index (χ3n) is 2.51. The third-order valence-corrected chi connectivity index (χ3v) is 2.73. The maximum absolute atomic E-state index is 11.7. The predicted octanol–water partition coefficient (Wildman–Crippen LogP) is 2.08. The SMILES string of the molecule is CC1=CC(OC(=O)CCl)CC(C)(C)C1=O. The van der Waals surface area contributed by atoms with Gasteiger partial charge in [0.25, 0.3) is 0 Å². The molecule has 0 spiro atoms. The zero-order valence-electron chi connectivity index (χ0n) is 9.17. The molecule has 0 saturated carbocycles. The van der Waals surface area contributed by atoms with Gasteiger partial charge in [0.2, 0.25) is 0 Å². The van der Waals surface area contributed by atoms with E-state index in [1.54, 1.807) is 13.0 Å². The highest BCUT2D eigenvalue weighted by Crippen LogP contribution is 2.33. The van der Waals surface area contributed by atoms with Gasteiger partial charge in [-0.25, -0.2) is 0 Å². The van der Waals surface area contributed by atoms with Gasteiger partial charge in [-0.05, 0) is 18.6 Å². The molecular weight excluding hydrogens is 216 g/mol. The van der Waals surface area contributed by atoms with Crippen LogP contribution in [0, 0.1) is 5.41 Å². The van der Waals surface area contributed by atoms with Crippen molar-refractivity contribution in [3.8, 4) is 0 Å². The molecular formula is C11H15ClO3. The molecule has 0 aliphatic heterocycles. The van der Waals surface area contributed by atoms with E-state index in [1.165, 1.54) is 0 Å². The molecule has 0 N–H and O–H groups in total. The quantitative estimate of drug-likeness (QED) is 0.539. The monoisotopic (exact) mass is 230 g/mol. The lowest BCUT2D eigenvalue weighted by molar-refractivity contribution is -0.147. The number of rotatable bonds is 2. The second kappa shape index (κ2) is 4.35. The zero-order valence-corrected chi connectivity index (χ0v) is 9.93. The van der Waals surface area contributed by atoms with Crippen molar-refractivity contribution < 1.29 is 14.3 Å². The van der Waals surface area contributed by atoms with Crippen LogP contribution in [0.2, 0.25) is 0 Å². The van der Waals surface area contributed by atoms with Crippen LogP contribution < -0.4 is 0 Å². The van der Waals surface area contributed by atoms with E-state index >= 15 is 0 Å². The third kappa shape index (κ3) is 2.81. The Kier molecular flexibility index (Phi) is 3.55. The minimum absolute atomic E-state index is 0.112. The second-order valence-electron chi connectivity index (χ2n) is 4.43. The minimum Gasteiger partial charge on any atom is -0.457 e. The second-order valence-corrected chi connectivity index (χ2v) is 4.70. The average Bonchev–Trinajstić information content (AvgIpc) is 2.13. The number of hydrogen-bond acceptors (Lipinski definition) is 3. The summed E-state index contributed by atoms with van der Waals surface area (Å²) < 4.78 is 5.10. The van der Waals surface area contributed by atoms with E-state index in [2.05, 4.69) is 0 Å². The first-order valence-electron chi connectivity index (χ1n) is 4.85. The number of Topliss-reactive ketones (excluding diaryl/α,β-unsaturated/α-hetero) is 1. The van der Waals surface area contributed by atoms with Gasteiger partial charge in [-0.1, -0.05) is 13.8 Å². The van der Waals surface area contributed by atoms with Crippen molar-refractivity contribution in [2.24, 2.45) is 5.41 Å². The fourth-order valence-corrected chi connectivity index (χ4v) is 1.88. The molecule has 0 fully saturated rings. The largest absolute Gasteiger partial charge is 0.457 e. The molecule has 1 aliphatic carbocycles. The maximum Gasteiger partial charge on any atom is 0.321 e. The summed E-state index contributed by atoms with van der Waals surface area (Å²) in [5.41, 5.74) is 0.189. The molecule has 0 aromatic rings. The summed E-state index contributed by atoms with van der Waals surface area (Å²) in [5.74, 6) is -0.492. The summed E-state index contributed by atoms with van der Waals surface area (Å²) in [6, 6.07) is 0. The van der Waals surface area contributed by atoms with Gasteiger partial charge in [0, 0.05) is 11.8 Å². The molecule has 1 aliphatic rings. The van der Waals surface area contributed by atoms with Crippen LogP contribution in [0.5, 0.6) is 0 Å². The fraction of sp³-hybridized carbons (Fsp3) is 0.636. The molecule has 0 amide bonds. The van der Waals surface area contributed by atoms with Crippen molar-refractivity contribution in [2.45, 2.75) is 33.3 Å². The van der Waals surface area contributed by atoms with Crippen molar-refractivity contribution in [2.75, 3.05) is 5.88 Å². The van der Waals surface area contributed by atoms with E-state index in [4.69, 9.17) is 16.3 Å². The zero-order chi connectivity index (χ0) is 11.6. The number of ether oxygens (including phenoxy) is 1. The van der Waals surface area contributed by atoms with E-state index in [9.17, 15) is 9.59 Å². The highest BCUT2D eigenvalue weighted by Gasteiger charge is 2.36. The van der Waals surface area contributed by atoms with Crippen molar-refractivity contribution in [1.82, 2.24) is 0 Å². The van der Waals surface area contributed by atoms with Crippen LogP contribution in [0.3, 0.4) is 0 Å². The van der Waals surface area contributed by atoms with Gasteiger partial charge in [-0.3, -0.25) is 9.59 Å². The first-order chi connectivity index (χ1) is 6.86. The van der Waals surface area contributed by atoms with Gasteiger partial charge in [0.05, 0.1) is 0 Å². The molecule has 1 rings (SSSR count). The lowest BCUT2D eigenvalue weighted by Crippen LogP contribution is -2.36. The number of esters is 1. The van der Waals surface area contributed by atoms with Crippen LogP contribution >= 0.6 is 11.6 Å². The van der Waals surface area contributed by atoms with Gasteiger partial charge >= 0.3 is 5.97 Å². The van der Waals surface area contributed by atoms with Crippen molar-refractivity contribution in [1.29, 1.82) is 0 Å². The van der Waals surface area contributed by atoms with E-state index in [0.29, 0.717) is 12.0 Å². The Morgan fingerprint density at radius 3 is 2.73 bits per heavy atom. The maximum atomic E-state index is 11.7. The molecule has 1 atom stereocenters. The number of halogens is 1. The molecule has 1 unspecified atom stereocenters. The lowest BCUT2D eigenvalue weighted by atomic mass is 9.75. The molecule has 0 radical (unpaired) electrons. The predicted molar refractivity (Wildman–Crippen MR) is 57.8 cm³/mol. The number of carbonyl (C=O) groups is 2. The van der Waals surface area contributed by atoms with Crippen LogP contribution in [0.15, 0.2) is 11.6 Å². The average molecular weight is 231 g/mol. The topological polar surface area (TPSA) is 43.4 Å². The molecule has 0 heterocycles. The van der Waals surface area contributed by atoms with Crippen molar-refractivity contribution >= 4 is 23.4 Å². The van der Waals surface area contributed by atoms with Gasteiger partial charge in [-0.15, -0.1) is 11.6 Å². The minimum atomic E-state index is -0.462. The van der Waals surface area contributed by atoms with E-state index < -0.39 is 11.4 Å². The Labute approximate surface area is 94.4 Å². The summed E-state index contributed by atoms with van der Waals surface area (Å²) in [6.45, 7) is 5.45. The Morgan fingerprint density at radius 2 is 2.27 bits per heavy atom. The first kappa shape index (κ1) is 12.2. The van der Waals surface area contributed by atoms with Crippen LogP contribution in [0.25, 0.3) is 0 Å². The van der Waals surface area contributed by atoms with Crippen LogP contribution in [0.1, 0.15) is 27.2 Å². The molecule has 0 bridgehead atoms. The number of hydrogen-bond donors (Lipinski definition) is 0. The normalized spacial score (nSPS) is 24.7. The highest BCUT2D eigenvalue weighted by atomic mass is 35.5. The van der Waals surface area contributed by atoms with Gasteiger partial charge in [0.15, 0.2) is 5.78 Å². The van der Waals surface area contributed by atoms with Crippen LogP contribution in [0.4, 0.5) is 0 Å². The van der Waals surface area contributed by atoms with E-state index in [1.807, 2.05) is 13.8 Å². The molecule has 15 heavy (non-hydrogen) atoms. The summed E-state index contributed by atoms with van der Waals surface area (Å²) >= 11 is 5.35. The summed E-state index contributed by atoms with van der Waals surface area (Å²) in [6.07, 6.45) is 1.88. The van der Waals surface area contributed by atoms with Crippen LogP contribution in [-0.2, 0) is 14.3 Å². The van der Waals surface area contributed by atoms with Gasteiger partial charge in [-0.2, -0.15) is 0 Å². The number of ketones is 1. The molecule has 3 nitrogen and oxygen atoms in total. The van der Waals surface area contributed by atoms with Gasteiger partial charge in [0.1, 0.15) is 12.0 Å². The van der Waals surface area contributed by atoms with Crippen LogP contribution in [-0.4, -0.2) is 23.7 Å². The standard InChI is InChI=1S/C11H15ClO3/c1-7-4-8(15-9(13)6-12)5-11(2,3)10(7)14/h4,8H,5-6H2,1-3H3. The Morgan fingerprint density at radius 1 is 1.67 bits per heavy atom. The molecule has 0 aromatic heterocycles. The number of alkyl halides is 1. The Bertz CT molecular complexity index is 318. The van der Waals surface area contributed by atoms with Gasteiger partial charge < -0.3 is 4.74 Å². The first-order valence-corrected chi connectivity index (χ1v) is 5.39.